The average Bonchev–Trinajstić information content (AvgIpc) is 2.91. The first-order valence-electron chi connectivity index (χ1n) is 12.6. The molecule has 3 aliphatic rings. The third-order valence-corrected chi connectivity index (χ3v) is 7.49. The van der Waals surface area contributed by atoms with Gasteiger partial charge in [0.05, 0.1) is 30.1 Å². The Kier molecular flexibility index (Phi) is 7.33. The number of benzene rings is 2. The molecule has 0 bridgehead atoms. The van der Waals surface area contributed by atoms with Crippen LogP contribution in [0.25, 0.3) is 0 Å². The number of anilines is 2. The largest absolute Gasteiger partial charge is 0.379 e. The lowest BCUT2D eigenvalue weighted by atomic mass is 9.83. The monoisotopic (exact) mass is 497 g/mol. The van der Waals surface area contributed by atoms with E-state index in [0.717, 1.165) is 56.2 Å². The molecule has 9 nitrogen and oxygen atoms in total. The number of nitrogens with zero attached hydrogens (tertiary/aromatic N) is 4. The Balaban J connectivity index is 1.32. The molecular weight excluding hydrogens is 465 g/mol. The van der Waals surface area contributed by atoms with Crippen LogP contribution in [0.5, 0.6) is 0 Å². The topological polar surface area (TPSA) is 91.2 Å². The van der Waals surface area contributed by atoms with Crippen LogP contribution < -0.4 is 15.1 Å². The summed E-state index contributed by atoms with van der Waals surface area (Å²) in [7, 11) is 0. The molecule has 2 fully saturated rings. The molecule has 0 saturated carbocycles. The molecule has 2 aromatic carbocycles. The molecule has 5 rings (SSSR count). The average molecular weight is 498 g/mol. The number of hydrogen-bond acceptors (Lipinski definition) is 7. The van der Waals surface area contributed by atoms with E-state index in [0.29, 0.717) is 32.6 Å². The number of morpholine rings is 1. The summed E-state index contributed by atoms with van der Waals surface area (Å²) in [6.45, 7) is 6.85. The molecule has 1 amide bonds. The van der Waals surface area contributed by atoms with E-state index >= 15 is 0 Å². The number of piperazine rings is 1. The minimum absolute atomic E-state index is 0.0231. The summed E-state index contributed by atoms with van der Waals surface area (Å²) in [4.78, 5) is 31.2. The van der Waals surface area contributed by atoms with Crippen LogP contribution in [-0.4, -0.2) is 80.8 Å². The van der Waals surface area contributed by atoms with Crippen molar-refractivity contribution in [2.75, 3.05) is 68.8 Å². The molecule has 0 aliphatic carbocycles. The number of nitro benzene ring substituents is 1. The third kappa shape index (κ3) is 5.29. The first-order valence-corrected chi connectivity index (χ1v) is 12.6. The van der Waals surface area contributed by atoms with E-state index in [4.69, 9.17) is 4.74 Å². The van der Waals surface area contributed by atoms with E-state index in [1.165, 1.54) is 18.2 Å². The fraction of sp³-hybridized carbons (Fsp3) is 0.500. The van der Waals surface area contributed by atoms with Gasteiger partial charge in [0.2, 0.25) is 5.91 Å². The van der Waals surface area contributed by atoms with Gasteiger partial charge in [0.15, 0.2) is 0 Å². The Morgan fingerprint density at radius 3 is 2.64 bits per heavy atom. The first kappa shape index (κ1) is 24.5. The van der Waals surface area contributed by atoms with E-state index in [2.05, 4.69) is 20.0 Å². The Morgan fingerprint density at radius 1 is 1.11 bits per heavy atom. The molecule has 3 aliphatic heterocycles. The van der Waals surface area contributed by atoms with Gasteiger partial charge < -0.3 is 19.9 Å². The molecule has 10 heteroatoms. The number of hydrogen-bond donors (Lipinski definition) is 1. The number of carbonyl (C=O) groups excluding carboxylic acids is 1. The van der Waals surface area contributed by atoms with E-state index in [1.54, 1.807) is 18.2 Å². The van der Waals surface area contributed by atoms with Crippen molar-refractivity contribution >= 4 is 23.0 Å². The molecule has 0 spiro atoms. The van der Waals surface area contributed by atoms with Crippen molar-refractivity contribution < 1.29 is 18.8 Å². The second-order valence-corrected chi connectivity index (χ2v) is 9.66. The van der Waals surface area contributed by atoms with E-state index in [9.17, 15) is 19.3 Å². The number of fused-ring (bicyclic) bond motifs is 3. The van der Waals surface area contributed by atoms with Gasteiger partial charge in [-0.3, -0.25) is 19.8 Å². The number of nitrogens with one attached hydrogen (secondary N) is 1. The molecule has 192 valence electrons. The summed E-state index contributed by atoms with van der Waals surface area (Å²) in [5.41, 5.74) is 2.77. The van der Waals surface area contributed by atoms with Gasteiger partial charge in [-0.15, -0.1) is 0 Å². The number of nitro groups is 1. The van der Waals surface area contributed by atoms with Gasteiger partial charge in [0, 0.05) is 62.8 Å². The fourth-order valence-electron chi connectivity index (χ4n) is 5.58. The van der Waals surface area contributed by atoms with Gasteiger partial charge in [0.1, 0.15) is 5.82 Å². The van der Waals surface area contributed by atoms with Crippen LogP contribution in [0.2, 0.25) is 0 Å². The second-order valence-electron chi connectivity index (χ2n) is 9.66. The molecule has 1 N–H and O–H groups in total. The van der Waals surface area contributed by atoms with Crippen LogP contribution in [0, 0.1) is 21.8 Å². The van der Waals surface area contributed by atoms with E-state index in [-0.39, 0.29) is 34.3 Å². The number of rotatable bonds is 7. The van der Waals surface area contributed by atoms with Crippen molar-refractivity contribution in [3.63, 3.8) is 0 Å². The number of ether oxygens (including phenoxy) is 1. The second kappa shape index (κ2) is 10.8. The molecule has 0 aromatic heterocycles. The van der Waals surface area contributed by atoms with Crippen molar-refractivity contribution in [3.05, 3.63) is 64.0 Å². The van der Waals surface area contributed by atoms with Crippen molar-refractivity contribution in [3.8, 4) is 0 Å². The summed E-state index contributed by atoms with van der Waals surface area (Å²) in [6.07, 6.45) is 1.31. The summed E-state index contributed by atoms with van der Waals surface area (Å²) < 4.78 is 18.9. The lowest BCUT2D eigenvalue weighted by molar-refractivity contribution is -0.384. The predicted molar refractivity (Wildman–Crippen MR) is 135 cm³/mol. The van der Waals surface area contributed by atoms with Crippen molar-refractivity contribution in [2.24, 2.45) is 5.92 Å². The van der Waals surface area contributed by atoms with Gasteiger partial charge in [-0.2, -0.15) is 0 Å². The molecule has 2 atom stereocenters. The molecule has 0 unspecified atom stereocenters. The van der Waals surface area contributed by atoms with Crippen molar-refractivity contribution in [1.29, 1.82) is 0 Å². The smallest absolute Gasteiger partial charge is 0.269 e. The van der Waals surface area contributed by atoms with Gasteiger partial charge in [-0.25, -0.2) is 4.39 Å². The summed E-state index contributed by atoms with van der Waals surface area (Å²) in [5, 5.41) is 14.5. The highest BCUT2D eigenvalue weighted by Crippen LogP contribution is 2.38. The molecule has 0 radical (unpaired) electrons. The number of halogens is 1. The van der Waals surface area contributed by atoms with E-state index in [1.807, 2.05) is 6.07 Å². The van der Waals surface area contributed by atoms with Gasteiger partial charge in [0.25, 0.3) is 5.69 Å². The maximum atomic E-state index is 13.5. The van der Waals surface area contributed by atoms with Crippen LogP contribution in [0.1, 0.15) is 12.0 Å². The molecule has 2 saturated heterocycles. The quantitative estimate of drug-likeness (QED) is 0.357. The van der Waals surface area contributed by atoms with Gasteiger partial charge >= 0.3 is 0 Å². The lowest BCUT2D eigenvalue weighted by Gasteiger charge is -2.49. The number of amides is 1. The highest BCUT2D eigenvalue weighted by molar-refractivity contribution is 5.82. The zero-order valence-electron chi connectivity index (χ0n) is 20.3. The van der Waals surface area contributed by atoms with Crippen LogP contribution in [0.3, 0.4) is 0 Å². The highest BCUT2D eigenvalue weighted by atomic mass is 19.1. The Hall–Kier alpha value is -3.24. The predicted octanol–water partition coefficient (Wildman–Crippen LogP) is 2.44. The maximum absolute atomic E-state index is 13.5. The fourth-order valence-corrected chi connectivity index (χ4v) is 5.58. The highest BCUT2D eigenvalue weighted by Gasteiger charge is 2.42. The zero-order valence-corrected chi connectivity index (χ0v) is 20.3. The first-order chi connectivity index (χ1) is 17.5. The molecule has 36 heavy (non-hydrogen) atoms. The van der Waals surface area contributed by atoms with Gasteiger partial charge in [-0.05, 0) is 55.3 Å². The molecular formula is C26H32FN5O4. The van der Waals surface area contributed by atoms with Crippen LogP contribution in [0.4, 0.5) is 21.5 Å². The standard InChI is InChI=1S/C26H32FN5O4/c27-20-2-4-21(5-3-20)30-10-11-31-24-7-6-22(32(34)35)16-19(24)17-23(25(31)18-30)26(33)28-8-1-9-29-12-14-36-15-13-29/h2-7,16,23,25H,1,8-15,17-18H2,(H,28,33)/t23-,25+/m0/s1. The van der Waals surface area contributed by atoms with Crippen LogP contribution >= 0.6 is 0 Å². The van der Waals surface area contributed by atoms with E-state index < -0.39 is 0 Å². The Bertz CT molecular complexity index is 1090. The summed E-state index contributed by atoms with van der Waals surface area (Å²) in [6, 6.07) is 11.3. The Labute approximate surface area is 210 Å². The van der Waals surface area contributed by atoms with Gasteiger partial charge in [-0.1, -0.05) is 0 Å². The number of carbonyl (C=O) groups is 1. The SMILES string of the molecule is O=C(NCCCN1CCOCC1)[C@H]1Cc2cc([N+](=O)[O-])ccc2N2CCN(c3ccc(F)cc3)C[C@H]12. The van der Waals surface area contributed by atoms with Crippen LogP contribution in [-0.2, 0) is 16.0 Å². The molecule has 3 heterocycles. The maximum Gasteiger partial charge on any atom is 0.269 e. The number of non-ortho nitro benzene ring substituents is 1. The normalized spacial score (nSPS) is 22.0. The summed E-state index contributed by atoms with van der Waals surface area (Å²) >= 11 is 0. The summed E-state index contributed by atoms with van der Waals surface area (Å²) in [5.74, 6) is -0.642. The van der Waals surface area contributed by atoms with Crippen molar-refractivity contribution in [2.45, 2.75) is 18.9 Å². The lowest BCUT2D eigenvalue weighted by Crippen LogP contribution is -2.61. The van der Waals surface area contributed by atoms with Crippen molar-refractivity contribution in [1.82, 2.24) is 10.2 Å². The Morgan fingerprint density at radius 2 is 1.89 bits per heavy atom. The minimum Gasteiger partial charge on any atom is -0.379 e. The molecule has 2 aromatic rings. The van der Waals surface area contributed by atoms with Crippen LogP contribution in [0.15, 0.2) is 42.5 Å². The zero-order chi connectivity index (χ0) is 25.1. The third-order valence-electron chi connectivity index (χ3n) is 7.49. The minimum atomic E-state index is -0.389.